The Balaban J connectivity index is 1.85. The molecule has 2 rings (SSSR count). The van der Waals surface area contributed by atoms with E-state index in [0.29, 0.717) is 12.2 Å². The van der Waals surface area contributed by atoms with E-state index in [0.717, 1.165) is 18.4 Å². The van der Waals surface area contributed by atoms with Crippen LogP contribution < -0.4 is 10.0 Å². The summed E-state index contributed by atoms with van der Waals surface area (Å²) >= 11 is 0. The SMILES string of the molecule is Cc1ccc(C)c(S(=O)(=O)NCCNC(=O)[C@H]2CCCO2)c1. The van der Waals surface area contributed by atoms with Gasteiger partial charge in [0.05, 0.1) is 4.90 Å². The Kier molecular flexibility index (Phi) is 5.55. The molecule has 1 saturated heterocycles. The average Bonchev–Trinajstić information content (AvgIpc) is 3.00. The van der Waals surface area contributed by atoms with Gasteiger partial charge in [0.25, 0.3) is 0 Å². The fraction of sp³-hybridized carbons (Fsp3) is 0.533. The standard InChI is InChI=1S/C15H22N2O4S/c1-11-5-6-12(2)14(10-11)22(19,20)17-8-7-16-15(18)13-4-3-9-21-13/h5-6,10,13,17H,3-4,7-9H2,1-2H3,(H,16,18)/t13-/m1/s1. The van der Waals surface area contributed by atoms with Crippen molar-refractivity contribution in [3.63, 3.8) is 0 Å². The predicted molar refractivity (Wildman–Crippen MR) is 83.1 cm³/mol. The molecule has 0 aromatic heterocycles. The van der Waals surface area contributed by atoms with Gasteiger partial charge in [-0.05, 0) is 43.9 Å². The molecule has 1 aromatic rings. The number of amides is 1. The maximum absolute atomic E-state index is 12.3. The van der Waals surface area contributed by atoms with Gasteiger partial charge in [-0.15, -0.1) is 0 Å². The van der Waals surface area contributed by atoms with E-state index in [-0.39, 0.29) is 23.9 Å². The molecule has 1 aliphatic rings. The number of carbonyl (C=O) groups excluding carboxylic acids is 1. The number of sulfonamides is 1. The molecule has 0 spiro atoms. The topological polar surface area (TPSA) is 84.5 Å². The molecule has 1 fully saturated rings. The highest BCUT2D eigenvalue weighted by Gasteiger charge is 2.23. The average molecular weight is 326 g/mol. The summed E-state index contributed by atoms with van der Waals surface area (Å²) in [6, 6.07) is 5.29. The van der Waals surface area contributed by atoms with Crippen LogP contribution in [0.15, 0.2) is 23.1 Å². The van der Waals surface area contributed by atoms with Crippen LogP contribution in [-0.4, -0.2) is 40.1 Å². The van der Waals surface area contributed by atoms with E-state index in [1.54, 1.807) is 19.1 Å². The van der Waals surface area contributed by atoms with Crippen molar-refractivity contribution in [3.05, 3.63) is 29.3 Å². The highest BCUT2D eigenvalue weighted by Crippen LogP contribution is 2.16. The maximum atomic E-state index is 12.3. The van der Waals surface area contributed by atoms with E-state index in [1.165, 1.54) is 0 Å². The molecule has 22 heavy (non-hydrogen) atoms. The van der Waals surface area contributed by atoms with Crippen molar-refractivity contribution in [2.45, 2.75) is 37.7 Å². The summed E-state index contributed by atoms with van der Waals surface area (Å²) in [5.41, 5.74) is 1.58. The summed E-state index contributed by atoms with van der Waals surface area (Å²) in [5.74, 6) is -0.177. The Bertz CT molecular complexity index is 637. The minimum atomic E-state index is -3.56. The van der Waals surface area contributed by atoms with Gasteiger partial charge in [0, 0.05) is 19.7 Å². The monoisotopic (exact) mass is 326 g/mol. The molecule has 122 valence electrons. The van der Waals surface area contributed by atoms with Crippen LogP contribution in [0.4, 0.5) is 0 Å². The highest BCUT2D eigenvalue weighted by atomic mass is 32.2. The van der Waals surface area contributed by atoms with Crippen LogP contribution in [0.3, 0.4) is 0 Å². The van der Waals surface area contributed by atoms with Gasteiger partial charge in [0.2, 0.25) is 15.9 Å². The van der Waals surface area contributed by atoms with Crippen molar-refractivity contribution in [1.82, 2.24) is 10.0 Å². The van der Waals surface area contributed by atoms with Crippen molar-refractivity contribution < 1.29 is 17.9 Å². The second-order valence-corrected chi connectivity index (χ2v) is 7.19. The van der Waals surface area contributed by atoms with E-state index >= 15 is 0 Å². The lowest BCUT2D eigenvalue weighted by Gasteiger charge is -2.12. The van der Waals surface area contributed by atoms with E-state index in [1.807, 2.05) is 13.0 Å². The molecule has 1 atom stereocenters. The first-order valence-corrected chi connectivity index (χ1v) is 8.85. The largest absolute Gasteiger partial charge is 0.368 e. The van der Waals surface area contributed by atoms with Crippen LogP contribution in [0.1, 0.15) is 24.0 Å². The minimum absolute atomic E-state index is 0.147. The number of ether oxygens (including phenoxy) is 1. The summed E-state index contributed by atoms with van der Waals surface area (Å²) < 4.78 is 32.3. The molecule has 7 heteroatoms. The van der Waals surface area contributed by atoms with Gasteiger partial charge >= 0.3 is 0 Å². The number of nitrogens with one attached hydrogen (secondary N) is 2. The third kappa shape index (κ3) is 4.28. The first kappa shape index (κ1) is 16.9. The van der Waals surface area contributed by atoms with Crippen LogP contribution in [0.2, 0.25) is 0 Å². The Morgan fingerprint density at radius 3 is 2.77 bits per heavy atom. The lowest BCUT2D eigenvalue weighted by molar-refractivity contribution is -0.129. The first-order chi connectivity index (χ1) is 10.4. The minimum Gasteiger partial charge on any atom is -0.368 e. The van der Waals surface area contributed by atoms with Crippen LogP contribution >= 0.6 is 0 Å². The van der Waals surface area contributed by atoms with Crippen molar-refractivity contribution in [1.29, 1.82) is 0 Å². The van der Waals surface area contributed by atoms with Gasteiger partial charge in [-0.2, -0.15) is 0 Å². The molecule has 6 nitrogen and oxygen atoms in total. The number of hydrogen-bond acceptors (Lipinski definition) is 4. The Hall–Kier alpha value is -1.44. The fourth-order valence-electron chi connectivity index (χ4n) is 2.34. The fourth-order valence-corrected chi connectivity index (χ4v) is 3.70. The predicted octanol–water partition coefficient (Wildman–Crippen LogP) is 0.877. The molecule has 0 radical (unpaired) electrons. The number of hydrogen-bond donors (Lipinski definition) is 2. The molecule has 0 saturated carbocycles. The van der Waals surface area contributed by atoms with E-state index in [4.69, 9.17) is 4.74 Å². The quantitative estimate of drug-likeness (QED) is 0.760. The molecule has 0 aliphatic carbocycles. The zero-order valence-corrected chi connectivity index (χ0v) is 13.7. The van der Waals surface area contributed by atoms with Gasteiger partial charge < -0.3 is 10.1 Å². The van der Waals surface area contributed by atoms with Gasteiger partial charge in [0.1, 0.15) is 6.10 Å². The lowest BCUT2D eigenvalue weighted by Crippen LogP contribution is -2.39. The molecule has 0 bridgehead atoms. The van der Waals surface area contributed by atoms with Crippen LogP contribution in [0.25, 0.3) is 0 Å². The molecular formula is C15H22N2O4S. The molecule has 1 amide bonds. The van der Waals surface area contributed by atoms with Gasteiger partial charge in [-0.3, -0.25) is 4.79 Å². The second kappa shape index (κ2) is 7.21. The molecule has 1 aromatic carbocycles. The second-order valence-electron chi connectivity index (χ2n) is 5.46. The summed E-state index contributed by atoms with van der Waals surface area (Å²) in [5, 5.41) is 2.68. The number of carbonyl (C=O) groups is 1. The zero-order chi connectivity index (χ0) is 16.2. The zero-order valence-electron chi connectivity index (χ0n) is 12.9. The van der Waals surface area contributed by atoms with Crippen LogP contribution in [0.5, 0.6) is 0 Å². The van der Waals surface area contributed by atoms with E-state index < -0.39 is 16.1 Å². The summed E-state index contributed by atoms with van der Waals surface area (Å²) in [4.78, 5) is 12.0. The number of rotatable bonds is 6. The van der Waals surface area contributed by atoms with Crippen molar-refractivity contribution in [2.75, 3.05) is 19.7 Å². The third-order valence-electron chi connectivity index (χ3n) is 3.57. The molecular weight excluding hydrogens is 304 g/mol. The van der Waals surface area contributed by atoms with Crippen molar-refractivity contribution in [2.24, 2.45) is 0 Å². The number of aryl methyl sites for hydroxylation is 2. The molecule has 2 N–H and O–H groups in total. The molecule has 1 heterocycles. The summed E-state index contributed by atoms with van der Waals surface area (Å²) in [6.07, 6.45) is 1.22. The van der Waals surface area contributed by atoms with Crippen molar-refractivity contribution in [3.8, 4) is 0 Å². The first-order valence-electron chi connectivity index (χ1n) is 7.36. The summed E-state index contributed by atoms with van der Waals surface area (Å²) in [7, 11) is -3.56. The highest BCUT2D eigenvalue weighted by molar-refractivity contribution is 7.89. The molecule has 1 aliphatic heterocycles. The smallest absolute Gasteiger partial charge is 0.249 e. The van der Waals surface area contributed by atoms with E-state index in [2.05, 4.69) is 10.0 Å². The normalized spacial score (nSPS) is 18.4. The van der Waals surface area contributed by atoms with E-state index in [9.17, 15) is 13.2 Å². The number of benzene rings is 1. The van der Waals surface area contributed by atoms with Gasteiger partial charge in [-0.1, -0.05) is 12.1 Å². The van der Waals surface area contributed by atoms with Gasteiger partial charge in [0.15, 0.2) is 0 Å². The maximum Gasteiger partial charge on any atom is 0.249 e. The van der Waals surface area contributed by atoms with Crippen LogP contribution in [0, 0.1) is 13.8 Å². The lowest BCUT2D eigenvalue weighted by atomic mass is 10.2. The summed E-state index contributed by atoms with van der Waals surface area (Å²) in [6.45, 7) is 4.60. The third-order valence-corrected chi connectivity index (χ3v) is 5.17. The van der Waals surface area contributed by atoms with Crippen LogP contribution in [-0.2, 0) is 19.6 Å². The van der Waals surface area contributed by atoms with Crippen molar-refractivity contribution >= 4 is 15.9 Å². The Morgan fingerprint density at radius 1 is 1.32 bits per heavy atom. The van der Waals surface area contributed by atoms with Gasteiger partial charge in [-0.25, -0.2) is 13.1 Å². The Morgan fingerprint density at radius 2 is 2.09 bits per heavy atom. The Labute approximate surface area is 131 Å². The molecule has 0 unspecified atom stereocenters.